The van der Waals surface area contributed by atoms with Crippen molar-refractivity contribution in [3.05, 3.63) is 63.8 Å². The number of pyridine rings is 1. The maximum atomic E-state index is 12.6. The van der Waals surface area contributed by atoms with Crippen LogP contribution in [0.4, 0.5) is 11.5 Å². The Bertz CT molecular complexity index is 814. The Balaban J connectivity index is 2.16. The third kappa shape index (κ3) is 3.03. The first-order valence-corrected chi connectivity index (χ1v) is 9.07. The predicted molar refractivity (Wildman–Crippen MR) is 102 cm³/mol. The number of aromatic nitrogens is 1. The zero-order chi connectivity index (χ0) is 17.3. The number of carbonyl (C=O) groups excluding carboxylic acids is 1. The second-order valence-electron chi connectivity index (χ2n) is 6.13. The number of hydrogen-bond acceptors (Lipinski definition) is 2. The first-order valence-electron chi connectivity index (χ1n) is 8.28. The highest BCUT2D eigenvalue weighted by Crippen LogP contribution is 2.34. The van der Waals surface area contributed by atoms with E-state index in [1.807, 2.05) is 19.2 Å². The summed E-state index contributed by atoms with van der Waals surface area (Å²) >= 11 is 3.58. The highest BCUT2D eigenvalue weighted by Gasteiger charge is 2.22. The molecule has 1 amide bonds. The van der Waals surface area contributed by atoms with Crippen molar-refractivity contribution in [3.8, 4) is 0 Å². The van der Waals surface area contributed by atoms with E-state index in [1.165, 1.54) is 17.2 Å². The first kappa shape index (κ1) is 16.9. The fraction of sp³-hybridized carbons (Fsp3) is 0.300. The van der Waals surface area contributed by atoms with Crippen molar-refractivity contribution in [3.63, 3.8) is 0 Å². The highest BCUT2D eigenvalue weighted by atomic mass is 79.9. The molecule has 124 valence electrons. The molecule has 1 aliphatic rings. The van der Waals surface area contributed by atoms with E-state index < -0.39 is 0 Å². The molecular weight excluding hydrogens is 364 g/mol. The van der Waals surface area contributed by atoms with Crippen molar-refractivity contribution in [2.24, 2.45) is 0 Å². The van der Waals surface area contributed by atoms with Crippen LogP contribution in [-0.4, -0.2) is 10.9 Å². The van der Waals surface area contributed by atoms with Gasteiger partial charge >= 0.3 is 0 Å². The van der Waals surface area contributed by atoms with Crippen molar-refractivity contribution < 1.29 is 4.79 Å². The molecule has 3 nitrogen and oxygen atoms in total. The lowest BCUT2D eigenvalue weighted by atomic mass is 10.1. The molecule has 1 heterocycles. The van der Waals surface area contributed by atoms with Gasteiger partial charge in [-0.05, 0) is 79.1 Å². The molecule has 0 fully saturated rings. The summed E-state index contributed by atoms with van der Waals surface area (Å²) in [5.74, 6) is 0.522. The molecule has 0 atom stereocenters. The van der Waals surface area contributed by atoms with Crippen LogP contribution < -0.4 is 4.90 Å². The second-order valence-corrected chi connectivity index (χ2v) is 6.98. The standard InChI is InChI=1S/C20H21BrN2O/c1-4-14-10-17(21)13(3)9-18(14)23(20(24)5-2)19-11-15-7-6-8-16(15)12-22-19/h5,9-12H,2,4,6-8H2,1,3H3. The minimum atomic E-state index is -0.156. The van der Waals surface area contributed by atoms with Gasteiger partial charge in [-0.3, -0.25) is 9.69 Å². The van der Waals surface area contributed by atoms with Crippen LogP contribution in [0.15, 0.2) is 41.5 Å². The summed E-state index contributed by atoms with van der Waals surface area (Å²) in [5.41, 5.74) is 5.67. The Labute approximate surface area is 151 Å². The summed E-state index contributed by atoms with van der Waals surface area (Å²) in [6.45, 7) is 7.79. The van der Waals surface area contributed by atoms with E-state index in [1.54, 1.807) is 4.90 Å². The lowest BCUT2D eigenvalue weighted by Crippen LogP contribution is -2.26. The summed E-state index contributed by atoms with van der Waals surface area (Å²) in [6.07, 6.45) is 7.40. The van der Waals surface area contributed by atoms with Crippen LogP contribution >= 0.6 is 15.9 Å². The van der Waals surface area contributed by atoms with E-state index in [9.17, 15) is 4.79 Å². The Kier molecular flexibility index (Phi) is 4.86. The van der Waals surface area contributed by atoms with Crippen molar-refractivity contribution >= 4 is 33.3 Å². The fourth-order valence-corrected chi connectivity index (χ4v) is 3.60. The van der Waals surface area contributed by atoms with E-state index in [2.05, 4.69) is 46.5 Å². The average molecular weight is 385 g/mol. The van der Waals surface area contributed by atoms with Gasteiger partial charge in [-0.2, -0.15) is 0 Å². The number of amides is 1. The molecule has 0 radical (unpaired) electrons. The monoisotopic (exact) mass is 384 g/mol. The third-order valence-electron chi connectivity index (χ3n) is 4.57. The number of benzene rings is 1. The van der Waals surface area contributed by atoms with Gasteiger partial charge in [-0.1, -0.05) is 29.4 Å². The SMILES string of the molecule is C=CC(=O)N(c1cc2c(cn1)CCC2)c1cc(C)c(Br)cc1CC. The number of carbonyl (C=O) groups is 1. The van der Waals surface area contributed by atoms with E-state index in [4.69, 9.17) is 0 Å². The van der Waals surface area contributed by atoms with Gasteiger partial charge in [0.25, 0.3) is 5.91 Å². The Morgan fingerprint density at radius 1 is 1.33 bits per heavy atom. The summed E-state index contributed by atoms with van der Waals surface area (Å²) in [4.78, 5) is 18.9. The Hall–Kier alpha value is -1.94. The molecular formula is C20H21BrN2O. The van der Waals surface area contributed by atoms with Crippen molar-refractivity contribution in [1.29, 1.82) is 0 Å². The number of aryl methyl sites for hydroxylation is 4. The van der Waals surface area contributed by atoms with Crippen LogP contribution in [0.3, 0.4) is 0 Å². The van der Waals surface area contributed by atoms with Crippen molar-refractivity contribution in [2.45, 2.75) is 39.5 Å². The molecule has 0 saturated heterocycles. The normalized spacial score (nSPS) is 12.8. The topological polar surface area (TPSA) is 33.2 Å². The summed E-state index contributed by atoms with van der Waals surface area (Å²) in [7, 11) is 0. The van der Waals surface area contributed by atoms with Gasteiger partial charge in [0.2, 0.25) is 0 Å². The maximum absolute atomic E-state index is 12.6. The molecule has 1 aromatic heterocycles. The molecule has 2 aromatic rings. The minimum absolute atomic E-state index is 0.156. The Morgan fingerprint density at radius 2 is 2.08 bits per heavy atom. The Morgan fingerprint density at radius 3 is 2.79 bits per heavy atom. The molecule has 0 aliphatic heterocycles. The molecule has 0 spiro atoms. The number of rotatable bonds is 4. The van der Waals surface area contributed by atoms with Gasteiger partial charge in [-0.25, -0.2) is 4.98 Å². The maximum Gasteiger partial charge on any atom is 0.256 e. The van der Waals surface area contributed by atoms with Crippen LogP contribution in [0.25, 0.3) is 0 Å². The fourth-order valence-electron chi connectivity index (χ4n) is 3.21. The van der Waals surface area contributed by atoms with Crippen molar-refractivity contribution in [2.75, 3.05) is 4.90 Å². The van der Waals surface area contributed by atoms with E-state index in [-0.39, 0.29) is 5.91 Å². The molecule has 3 rings (SSSR count). The molecule has 4 heteroatoms. The molecule has 0 unspecified atom stereocenters. The smallest absolute Gasteiger partial charge is 0.256 e. The van der Waals surface area contributed by atoms with Crippen LogP contribution in [0.1, 0.15) is 35.6 Å². The predicted octanol–water partition coefficient (Wildman–Crippen LogP) is 5.05. The van der Waals surface area contributed by atoms with E-state index >= 15 is 0 Å². The van der Waals surface area contributed by atoms with Gasteiger partial charge in [0.05, 0.1) is 5.69 Å². The summed E-state index contributed by atoms with van der Waals surface area (Å²) in [6, 6.07) is 6.18. The zero-order valence-corrected chi connectivity index (χ0v) is 15.7. The quantitative estimate of drug-likeness (QED) is 0.690. The number of hydrogen-bond donors (Lipinski definition) is 0. The van der Waals surface area contributed by atoms with Crippen LogP contribution in [0, 0.1) is 6.92 Å². The van der Waals surface area contributed by atoms with Gasteiger partial charge in [0.1, 0.15) is 5.82 Å². The van der Waals surface area contributed by atoms with Gasteiger partial charge < -0.3 is 0 Å². The van der Waals surface area contributed by atoms with E-state index in [0.717, 1.165) is 47.0 Å². The number of nitrogens with zero attached hydrogens (tertiary/aromatic N) is 2. The molecule has 24 heavy (non-hydrogen) atoms. The van der Waals surface area contributed by atoms with E-state index in [0.29, 0.717) is 5.82 Å². The van der Waals surface area contributed by atoms with Gasteiger partial charge in [0.15, 0.2) is 0 Å². The summed E-state index contributed by atoms with van der Waals surface area (Å²) < 4.78 is 1.05. The number of fused-ring (bicyclic) bond motifs is 1. The second kappa shape index (κ2) is 6.89. The average Bonchev–Trinajstić information content (AvgIpc) is 3.05. The molecule has 1 aliphatic carbocycles. The summed E-state index contributed by atoms with van der Waals surface area (Å²) in [5, 5.41) is 0. The lowest BCUT2D eigenvalue weighted by molar-refractivity contribution is -0.113. The van der Waals surface area contributed by atoms with Crippen LogP contribution in [-0.2, 0) is 24.1 Å². The first-order chi connectivity index (χ1) is 11.5. The van der Waals surface area contributed by atoms with Gasteiger partial charge in [-0.15, -0.1) is 0 Å². The number of anilines is 2. The van der Waals surface area contributed by atoms with Crippen LogP contribution in [0.5, 0.6) is 0 Å². The van der Waals surface area contributed by atoms with Gasteiger partial charge in [0, 0.05) is 10.7 Å². The molecule has 0 saturated carbocycles. The molecule has 1 aromatic carbocycles. The molecule has 0 N–H and O–H groups in total. The largest absolute Gasteiger partial charge is 0.269 e. The van der Waals surface area contributed by atoms with Crippen molar-refractivity contribution in [1.82, 2.24) is 4.98 Å². The third-order valence-corrected chi connectivity index (χ3v) is 5.42. The van der Waals surface area contributed by atoms with Crippen LogP contribution in [0.2, 0.25) is 0 Å². The number of halogens is 1. The lowest BCUT2D eigenvalue weighted by Gasteiger charge is -2.24. The minimum Gasteiger partial charge on any atom is -0.269 e. The molecule has 0 bridgehead atoms. The highest BCUT2D eigenvalue weighted by molar-refractivity contribution is 9.10. The zero-order valence-electron chi connectivity index (χ0n) is 14.1.